The zero-order chi connectivity index (χ0) is 15.9. The van der Waals surface area contributed by atoms with Gasteiger partial charge in [-0.15, -0.1) is 0 Å². The van der Waals surface area contributed by atoms with Gasteiger partial charge in [0.25, 0.3) is 6.43 Å². The van der Waals surface area contributed by atoms with Crippen molar-refractivity contribution in [3.63, 3.8) is 0 Å². The van der Waals surface area contributed by atoms with E-state index in [0.717, 1.165) is 18.9 Å². The number of benzene rings is 1. The Labute approximate surface area is 129 Å². The van der Waals surface area contributed by atoms with Gasteiger partial charge in [-0.3, -0.25) is 0 Å². The largest absolute Gasteiger partial charge is 0.362 e. The zero-order valence-corrected chi connectivity index (χ0v) is 12.8. The summed E-state index contributed by atoms with van der Waals surface area (Å²) in [5, 5.41) is 0. The Morgan fingerprint density at radius 2 is 1.86 bits per heavy atom. The second kappa shape index (κ2) is 5.82. The van der Waals surface area contributed by atoms with Crippen molar-refractivity contribution in [3.05, 3.63) is 59.1 Å². The van der Waals surface area contributed by atoms with E-state index in [-0.39, 0.29) is 12.1 Å². The second-order valence-corrected chi connectivity index (χ2v) is 6.13. The van der Waals surface area contributed by atoms with Crippen LogP contribution in [0, 0.1) is 11.7 Å². The second-order valence-electron chi connectivity index (χ2n) is 6.13. The van der Waals surface area contributed by atoms with Crippen molar-refractivity contribution in [3.8, 4) is 0 Å². The lowest BCUT2D eigenvalue weighted by Crippen LogP contribution is -2.36. The number of nitrogens with zero attached hydrogens (tertiary/aromatic N) is 1. The highest BCUT2D eigenvalue weighted by atomic mass is 19.3. The number of hydrogen-bond donors (Lipinski definition) is 0. The summed E-state index contributed by atoms with van der Waals surface area (Å²) in [4.78, 5) is 2.16. The van der Waals surface area contributed by atoms with Crippen LogP contribution in [-0.4, -0.2) is 10.9 Å². The highest BCUT2D eigenvalue weighted by Gasteiger charge is 2.35. The van der Waals surface area contributed by atoms with Gasteiger partial charge >= 0.3 is 0 Å². The molecule has 1 fully saturated rings. The minimum atomic E-state index is -2.79. The molecule has 3 rings (SSSR count). The van der Waals surface area contributed by atoms with Gasteiger partial charge in [0.1, 0.15) is 5.82 Å². The molecule has 2 atom stereocenters. The molecule has 0 spiro atoms. The molecule has 2 aliphatic rings. The molecule has 22 heavy (non-hydrogen) atoms. The molecule has 1 aliphatic carbocycles. The molecule has 1 aromatic rings. The first-order chi connectivity index (χ1) is 10.5. The van der Waals surface area contributed by atoms with Crippen LogP contribution < -0.4 is 0 Å². The van der Waals surface area contributed by atoms with E-state index < -0.39 is 17.8 Å². The van der Waals surface area contributed by atoms with Crippen LogP contribution in [0.25, 0.3) is 0 Å². The standard InChI is InChI=1S/C18H20F3N/c1-11-5-3-8-16(13-9-10-13)22(11)12(2)14-6-4-7-15(17(14)19)18(20)21/h3-8,11-13,18H,9-10H2,1-2H3/t11-,12?/m1/s1. The fraction of sp³-hybridized carbons (Fsp3) is 0.444. The molecule has 1 aromatic carbocycles. The van der Waals surface area contributed by atoms with E-state index in [4.69, 9.17) is 0 Å². The van der Waals surface area contributed by atoms with Crippen LogP contribution in [0.1, 0.15) is 50.3 Å². The summed E-state index contributed by atoms with van der Waals surface area (Å²) >= 11 is 0. The van der Waals surface area contributed by atoms with E-state index in [1.807, 2.05) is 13.0 Å². The third-order valence-electron chi connectivity index (χ3n) is 4.55. The first-order valence-corrected chi connectivity index (χ1v) is 7.74. The van der Waals surface area contributed by atoms with Crippen LogP contribution in [0.4, 0.5) is 13.2 Å². The van der Waals surface area contributed by atoms with Gasteiger partial charge in [-0.25, -0.2) is 13.2 Å². The van der Waals surface area contributed by atoms with Crippen LogP contribution in [0.5, 0.6) is 0 Å². The summed E-state index contributed by atoms with van der Waals surface area (Å²) in [6.07, 6.45) is 5.67. The molecule has 0 amide bonds. The van der Waals surface area contributed by atoms with E-state index >= 15 is 0 Å². The number of allylic oxidation sites excluding steroid dienone is 3. The van der Waals surface area contributed by atoms with E-state index in [0.29, 0.717) is 11.5 Å². The Kier molecular flexibility index (Phi) is 4.02. The Balaban J connectivity index is 1.96. The van der Waals surface area contributed by atoms with Crippen molar-refractivity contribution in [1.29, 1.82) is 0 Å². The van der Waals surface area contributed by atoms with Crippen LogP contribution in [0.2, 0.25) is 0 Å². The Morgan fingerprint density at radius 3 is 2.50 bits per heavy atom. The Bertz CT molecular complexity index is 617. The minimum Gasteiger partial charge on any atom is -0.362 e. The molecule has 0 N–H and O–H groups in total. The highest BCUT2D eigenvalue weighted by molar-refractivity contribution is 5.33. The molecule has 0 aromatic heterocycles. The van der Waals surface area contributed by atoms with Gasteiger partial charge in [-0.2, -0.15) is 0 Å². The van der Waals surface area contributed by atoms with Gasteiger partial charge in [-0.05, 0) is 38.7 Å². The number of rotatable bonds is 4. The first kappa shape index (κ1) is 15.2. The lowest BCUT2D eigenvalue weighted by molar-refractivity contribution is 0.145. The van der Waals surface area contributed by atoms with E-state index in [9.17, 15) is 13.2 Å². The lowest BCUT2D eigenvalue weighted by Gasteiger charge is -2.39. The molecule has 0 radical (unpaired) electrons. The monoisotopic (exact) mass is 307 g/mol. The van der Waals surface area contributed by atoms with Gasteiger partial charge in [0.2, 0.25) is 0 Å². The molecule has 1 saturated carbocycles. The molecule has 1 heterocycles. The van der Waals surface area contributed by atoms with Crippen molar-refractivity contribution in [2.24, 2.45) is 5.92 Å². The summed E-state index contributed by atoms with van der Waals surface area (Å²) in [5.41, 5.74) is 1.03. The smallest absolute Gasteiger partial charge is 0.266 e. The molecular weight excluding hydrogens is 287 g/mol. The maximum atomic E-state index is 14.5. The highest BCUT2D eigenvalue weighted by Crippen LogP contribution is 2.44. The molecule has 1 nitrogen and oxygen atoms in total. The summed E-state index contributed by atoms with van der Waals surface area (Å²) in [6, 6.07) is 4.15. The molecule has 1 aliphatic heterocycles. The third-order valence-corrected chi connectivity index (χ3v) is 4.55. The number of alkyl halides is 2. The normalized spacial score (nSPS) is 22.9. The topological polar surface area (TPSA) is 3.24 Å². The van der Waals surface area contributed by atoms with Gasteiger partial charge in [-0.1, -0.05) is 30.4 Å². The van der Waals surface area contributed by atoms with Gasteiger partial charge in [0.15, 0.2) is 0 Å². The van der Waals surface area contributed by atoms with Crippen molar-refractivity contribution in [2.75, 3.05) is 0 Å². The Hall–Kier alpha value is -1.71. The maximum Gasteiger partial charge on any atom is 0.266 e. The zero-order valence-electron chi connectivity index (χ0n) is 12.8. The molecule has 0 saturated heterocycles. The van der Waals surface area contributed by atoms with Crippen LogP contribution in [-0.2, 0) is 0 Å². The fourth-order valence-electron chi connectivity index (χ4n) is 3.24. The van der Waals surface area contributed by atoms with Crippen molar-refractivity contribution < 1.29 is 13.2 Å². The quantitative estimate of drug-likeness (QED) is 0.722. The summed E-state index contributed by atoms with van der Waals surface area (Å²) in [7, 11) is 0. The SMILES string of the molecule is CC(c1cccc(C(F)F)c1F)N1C(C2CC2)=CC=C[C@H]1C. The van der Waals surface area contributed by atoms with Crippen molar-refractivity contribution in [2.45, 2.75) is 45.2 Å². The third kappa shape index (κ3) is 2.67. The van der Waals surface area contributed by atoms with E-state index in [1.54, 1.807) is 6.07 Å². The van der Waals surface area contributed by atoms with Gasteiger partial charge in [0, 0.05) is 17.3 Å². The summed E-state index contributed by atoms with van der Waals surface area (Å²) in [6.45, 7) is 3.94. The van der Waals surface area contributed by atoms with Crippen LogP contribution >= 0.6 is 0 Å². The molecule has 118 valence electrons. The van der Waals surface area contributed by atoms with Crippen LogP contribution in [0.3, 0.4) is 0 Å². The van der Waals surface area contributed by atoms with Gasteiger partial charge in [0.05, 0.1) is 11.6 Å². The molecule has 1 unspecified atom stereocenters. The average Bonchev–Trinajstić information content (AvgIpc) is 3.30. The predicted molar refractivity (Wildman–Crippen MR) is 81.0 cm³/mol. The Morgan fingerprint density at radius 1 is 1.18 bits per heavy atom. The number of hydrogen-bond acceptors (Lipinski definition) is 1. The first-order valence-electron chi connectivity index (χ1n) is 7.74. The maximum absolute atomic E-state index is 14.5. The van der Waals surface area contributed by atoms with Gasteiger partial charge < -0.3 is 4.90 Å². The molecular formula is C18H20F3N. The average molecular weight is 307 g/mol. The lowest BCUT2D eigenvalue weighted by atomic mass is 9.98. The predicted octanol–water partition coefficient (Wildman–Crippen LogP) is 5.38. The van der Waals surface area contributed by atoms with Crippen molar-refractivity contribution >= 4 is 0 Å². The van der Waals surface area contributed by atoms with E-state index in [2.05, 4.69) is 24.0 Å². The van der Waals surface area contributed by atoms with Crippen molar-refractivity contribution in [1.82, 2.24) is 4.90 Å². The fourth-order valence-corrected chi connectivity index (χ4v) is 3.24. The molecule has 4 heteroatoms. The summed E-state index contributed by atoms with van der Waals surface area (Å²) in [5.74, 6) is -0.252. The van der Waals surface area contributed by atoms with Crippen LogP contribution in [0.15, 0.2) is 42.1 Å². The molecule has 0 bridgehead atoms. The number of halogens is 3. The summed E-state index contributed by atoms with van der Waals surface area (Å²) < 4.78 is 40.3. The minimum absolute atomic E-state index is 0.130. The van der Waals surface area contributed by atoms with E-state index in [1.165, 1.54) is 11.8 Å².